The average Bonchev–Trinajstić information content (AvgIpc) is 3.38. The molecule has 0 bridgehead atoms. The molecule has 2 atom stereocenters. The van der Waals surface area contributed by atoms with Gasteiger partial charge in [-0.15, -0.1) is 0 Å². The molecule has 0 spiro atoms. The number of nitrogens with zero attached hydrogens (tertiary/aromatic N) is 1. The van der Waals surface area contributed by atoms with Gasteiger partial charge in [-0.05, 0) is 19.9 Å². The number of morpholine rings is 1. The molecule has 0 radical (unpaired) electrons. The topological polar surface area (TPSA) is 58.3 Å². The third-order valence-corrected chi connectivity index (χ3v) is 4.08. The highest BCUT2D eigenvalue weighted by Gasteiger charge is 2.48. The Bertz CT molecular complexity index is 433. The van der Waals surface area contributed by atoms with Gasteiger partial charge in [-0.25, -0.2) is 0 Å². The summed E-state index contributed by atoms with van der Waals surface area (Å²) in [4.78, 5) is 2.37. The fraction of sp³-hybridized carbons (Fsp3) is 0.778. The Morgan fingerprint density at radius 2 is 2.12 bits per heavy atom. The molecule has 2 unspecified atom stereocenters. The summed E-state index contributed by atoms with van der Waals surface area (Å²) < 4.78 is 16.8. The van der Waals surface area contributed by atoms with Gasteiger partial charge in [0.1, 0.15) is 6.23 Å². The zero-order valence-electron chi connectivity index (χ0n) is 15.5. The monoisotopic (exact) mass is 341 g/mol. The van der Waals surface area contributed by atoms with E-state index < -0.39 is 0 Å². The molecule has 24 heavy (non-hydrogen) atoms. The summed E-state index contributed by atoms with van der Waals surface area (Å²) in [6, 6.07) is 0.388. The molecule has 6 nitrogen and oxygen atoms in total. The molecular formula is C18H35N3O3. The van der Waals surface area contributed by atoms with Crippen molar-refractivity contribution in [2.24, 2.45) is 0 Å². The first-order valence-electron chi connectivity index (χ1n) is 9.16. The van der Waals surface area contributed by atoms with Crippen molar-refractivity contribution in [2.45, 2.75) is 45.7 Å². The van der Waals surface area contributed by atoms with Crippen molar-refractivity contribution in [2.75, 3.05) is 46.1 Å². The van der Waals surface area contributed by atoms with Crippen LogP contribution in [0.25, 0.3) is 0 Å². The smallest absolute Gasteiger partial charge is 0.170 e. The maximum atomic E-state index is 5.86. The van der Waals surface area contributed by atoms with Gasteiger partial charge in [-0.2, -0.15) is 0 Å². The number of epoxide rings is 1. The van der Waals surface area contributed by atoms with Crippen LogP contribution in [0.4, 0.5) is 0 Å². The van der Waals surface area contributed by atoms with E-state index in [-0.39, 0.29) is 13.4 Å². The lowest BCUT2D eigenvalue weighted by atomic mass is 10.1. The Labute approximate surface area is 147 Å². The van der Waals surface area contributed by atoms with Crippen LogP contribution in [0.2, 0.25) is 0 Å². The summed E-state index contributed by atoms with van der Waals surface area (Å²) in [6.07, 6.45) is 6.10. The summed E-state index contributed by atoms with van der Waals surface area (Å²) >= 11 is 0. The van der Waals surface area contributed by atoms with Crippen LogP contribution in [-0.2, 0) is 14.2 Å². The van der Waals surface area contributed by atoms with Crippen LogP contribution in [0.1, 0.15) is 29.1 Å². The summed E-state index contributed by atoms with van der Waals surface area (Å²) in [5.41, 5.74) is 0.838. The van der Waals surface area contributed by atoms with Crippen LogP contribution in [0.5, 0.6) is 0 Å². The lowest BCUT2D eigenvalue weighted by Gasteiger charge is -2.28. The molecule has 140 valence electrons. The van der Waals surface area contributed by atoms with Gasteiger partial charge in [-0.1, -0.05) is 19.9 Å². The minimum absolute atomic E-state index is 0. The quantitative estimate of drug-likeness (QED) is 0.688. The molecule has 6 heteroatoms. The van der Waals surface area contributed by atoms with Crippen LogP contribution in [0.15, 0.2) is 23.9 Å². The molecule has 3 heterocycles. The number of rotatable bonds is 7. The lowest BCUT2D eigenvalue weighted by Crippen LogP contribution is -2.42. The van der Waals surface area contributed by atoms with E-state index in [0.717, 1.165) is 51.6 Å². The van der Waals surface area contributed by atoms with Crippen LogP contribution >= 0.6 is 0 Å². The van der Waals surface area contributed by atoms with E-state index in [2.05, 4.69) is 41.5 Å². The number of hydrogen-bond acceptors (Lipinski definition) is 6. The molecule has 0 aromatic carbocycles. The first kappa shape index (κ1) is 19.4. The van der Waals surface area contributed by atoms with Crippen LogP contribution in [0, 0.1) is 0 Å². The summed E-state index contributed by atoms with van der Waals surface area (Å²) in [5.74, 6) is 0. The van der Waals surface area contributed by atoms with Gasteiger partial charge in [0.25, 0.3) is 0 Å². The Kier molecular flexibility index (Phi) is 7.71. The second-order valence-electron chi connectivity index (χ2n) is 6.29. The number of hydrogen-bond donors (Lipinski definition) is 2. The van der Waals surface area contributed by atoms with Crippen molar-refractivity contribution >= 4 is 0 Å². The molecule has 3 rings (SSSR count). The van der Waals surface area contributed by atoms with Gasteiger partial charge in [0.2, 0.25) is 0 Å². The molecule has 0 saturated carbocycles. The Hall–Kier alpha value is -0.920. The fourth-order valence-corrected chi connectivity index (χ4v) is 2.83. The zero-order valence-corrected chi connectivity index (χ0v) is 15.5. The Morgan fingerprint density at radius 3 is 2.67 bits per heavy atom. The van der Waals surface area contributed by atoms with Crippen molar-refractivity contribution < 1.29 is 15.6 Å². The SMILES string of the molecule is CC.CC(C)NC1(C2=CNC(OCCN3CCOCC3)C=C2)CO1.[HH]. The van der Waals surface area contributed by atoms with Gasteiger partial charge in [0.05, 0.1) is 26.4 Å². The maximum absolute atomic E-state index is 5.86. The number of dihydropyridines is 1. The fourth-order valence-electron chi connectivity index (χ4n) is 2.83. The van der Waals surface area contributed by atoms with Gasteiger partial charge < -0.3 is 19.5 Å². The largest absolute Gasteiger partial charge is 0.379 e. The minimum atomic E-state index is -0.295. The molecular weight excluding hydrogens is 306 g/mol. The van der Waals surface area contributed by atoms with Crippen molar-refractivity contribution in [3.05, 3.63) is 23.9 Å². The predicted molar refractivity (Wildman–Crippen MR) is 97.8 cm³/mol. The molecule has 0 amide bonds. The highest BCUT2D eigenvalue weighted by molar-refractivity contribution is 5.35. The predicted octanol–water partition coefficient (Wildman–Crippen LogP) is 1.70. The Morgan fingerprint density at radius 1 is 1.42 bits per heavy atom. The molecule has 2 fully saturated rings. The van der Waals surface area contributed by atoms with Crippen molar-refractivity contribution in [1.82, 2.24) is 15.5 Å². The molecule has 0 aliphatic carbocycles. The third-order valence-electron chi connectivity index (χ3n) is 4.08. The van der Waals surface area contributed by atoms with Gasteiger partial charge in [-0.3, -0.25) is 10.2 Å². The zero-order chi connectivity index (χ0) is 17.4. The number of nitrogens with one attached hydrogen (secondary N) is 2. The van der Waals surface area contributed by atoms with Gasteiger partial charge >= 0.3 is 0 Å². The number of ether oxygens (including phenoxy) is 3. The van der Waals surface area contributed by atoms with E-state index in [0.29, 0.717) is 6.04 Å². The highest BCUT2D eigenvalue weighted by atomic mass is 16.6. The van der Waals surface area contributed by atoms with E-state index in [1.54, 1.807) is 0 Å². The molecule has 3 aliphatic heterocycles. The van der Waals surface area contributed by atoms with E-state index in [9.17, 15) is 0 Å². The van der Waals surface area contributed by atoms with E-state index in [1.807, 2.05) is 20.0 Å². The summed E-state index contributed by atoms with van der Waals surface area (Å²) in [5, 5.41) is 6.75. The standard InChI is InChI=1S/C16H27N3O3.C2H6.H2/c1-13(2)18-16(12-22-16)14-3-4-15(17-11-14)21-10-7-19-5-8-20-9-6-19;1-2;/h3-4,11,13,15,17-18H,5-10,12H2,1-2H3;1-2H3;1H. The molecule has 2 N–H and O–H groups in total. The molecule has 2 saturated heterocycles. The van der Waals surface area contributed by atoms with Crippen molar-refractivity contribution in [1.29, 1.82) is 0 Å². The first-order valence-corrected chi connectivity index (χ1v) is 9.16. The Balaban J connectivity index is 0.00000101. The van der Waals surface area contributed by atoms with E-state index in [1.165, 1.54) is 0 Å². The first-order chi connectivity index (χ1) is 11.7. The maximum Gasteiger partial charge on any atom is 0.170 e. The summed E-state index contributed by atoms with van der Waals surface area (Å²) in [7, 11) is 0. The second-order valence-corrected chi connectivity index (χ2v) is 6.29. The van der Waals surface area contributed by atoms with Crippen molar-refractivity contribution in [3.63, 3.8) is 0 Å². The molecule has 0 aromatic rings. The van der Waals surface area contributed by atoms with E-state index >= 15 is 0 Å². The average molecular weight is 341 g/mol. The highest BCUT2D eigenvalue weighted by Crippen LogP contribution is 2.34. The van der Waals surface area contributed by atoms with Crippen LogP contribution in [0.3, 0.4) is 0 Å². The van der Waals surface area contributed by atoms with E-state index in [4.69, 9.17) is 14.2 Å². The minimum Gasteiger partial charge on any atom is -0.379 e. The second kappa shape index (κ2) is 9.53. The van der Waals surface area contributed by atoms with Crippen LogP contribution < -0.4 is 10.6 Å². The molecule has 3 aliphatic rings. The van der Waals surface area contributed by atoms with Crippen LogP contribution in [-0.4, -0.2) is 69.0 Å². The third kappa shape index (κ3) is 5.57. The van der Waals surface area contributed by atoms with Crippen molar-refractivity contribution in [3.8, 4) is 0 Å². The lowest BCUT2D eigenvalue weighted by molar-refractivity contribution is 0.00748. The summed E-state index contributed by atoms with van der Waals surface area (Å²) in [6.45, 7) is 14.3. The van der Waals surface area contributed by atoms with Gasteiger partial charge in [0.15, 0.2) is 5.72 Å². The normalized spacial score (nSPS) is 29.5. The molecule has 0 aromatic heterocycles. The van der Waals surface area contributed by atoms with Gasteiger partial charge in [0, 0.05) is 38.9 Å².